The third-order valence-corrected chi connectivity index (χ3v) is 5.88. The number of rotatable bonds is 6. The highest BCUT2D eigenvalue weighted by molar-refractivity contribution is 9.10. The van der Waals surface area contributed by atoms with Crippen LogP contribution in [0.2, 0.25) is 5.02 Å². The van der Waals surface area contributed by atoms with Gasteiger partial charge in [0.2, 0.25) is 10.0 Å². The summed E-state index contributed by atoms with van der Waals surface area (Å²) in [6.07, 6.45) is 0.943. The van der Waals surface area contributed by atoms with Crippen LogP contribution >= 0.6 is 27.5 Å². The molecule has 108 valence electrons. The van der Waals surface area contributed by atoms with Gasteiger partial charge < -0.3 is 5.11 Å². The highest BCUT2D eigenvalue weighted by Crippen LogP contribution is 2.26. The lowest BCUT2D eigenvalue weighted by molar-refractivity contribution is 0.233. The largest absolute Gasteiger partial charge is 0.396 e. The Kier molecular flexibility index (Phi) is 5.82. The van der Waals surface area contributed by atoms with Gasteiger partial charge in [-0.1, -0.05) is 18.5 Å². The molecular weight excluding hydrogens is 354 g/mol. The molecule has 0 bridgehead atoms. The maximum Gasteiger partial charge on any atom is 0.241 e. The van der Waals surface area contributed by atoms with Crippen LogP contribution in [0.3, 0.4) is 0 Å². The van der Waals surface area contributed by atoms with Gasteiger partial charge in [0.1, 0.15) is 0 Å². The maximum absolute atomic E-state index is 12.3. The van der Waals surface area contributed by atoms with E-state index in [1.807, 2.05) is 6.92 Å². The molecule has 0 radical (unpaired) electrons. The van der Waals surface area contributed by atoms with E-state index < -0.39 is 15.6 Å². The zero-order valence-corrected chi connectivity index (χ0v) is 13.9. The summed E-state index contributed by atoms with van der Waals surface area (Å²) in [4.78, 5) is 0.140. The van der Waals surface area contributed by atoms with Crippen molar-refractivity contribution < 1.29 is 13.5 Å². The third-order valence-electron chi connectivity index (χ3n) is 3.03. The fourth-order valence-corrected chi connectivity index (χ4v) is 3.76. The summed E-state index contributed by atoms with van der Waals surface area (Å²) in [6, 6.07) is 4.43. The molecule has 1 atom stereocenters. The Labute approximate surface area is 127 Å². The molecule has 0 spiro atoms. The van der Waals surface area contributed by atoms with E-state index in [1.165, 1.54) is 18.2 Å². The summed E-state index contributed by atoms with van der Waals surface area (Å²) in [5, 5.41) is 9.47. The van der Waals surface area contributed by atoms with E-state index >= 15 is 0 Å². The summed E-state index contributed by atoms with van der Waals surface area (Å²) in [5.41, 5.74) is -0.667. The molecule has 0 aliphatic heterocycles. The van der Waals surface area contributed by atoms with Crippen LogP contribution in [0.5, 0.6) is 0 Å². The number of halogens is 2. The van der Waals surface area contributed by atoms with Crippen molar-refractivity contribution in [1.82, 2.24) is 4.72 Å². The van der Waals surface area contributed by atoms with Gasteiger partial charge in [0, 0.05) is 16.6 Å². The van der Waals surface area contributed by atoms with E-state index in [2.05, 4.69) is 20.7 Å². The minimum atomic E-state index is -3.64. The first-order valence-electron chi connectivity index (χ1n) is 5.84. The second kappa shape index (κ2) is 6.54. The normalized spacial score (nSPS) is 15.2. The first-order chi connectivity index (χ1) is 8.74. The lowest BCUT2D eigenvalue weighted by atomic mass is 9.97. The summed E-state index contributed by atoms with van der Waals surface area (Å²) >= 11 is 9.05. The van der Waals surface area contributed by atoms with Gasteiger partial charge >= 0.3 is 0 Å². The van der Waals surface area contributed by atoms with E-state index in [4.69, 9.17) is 16.7 Å². The first kappa shape index (κ1) is 16.9. The zero-order valence-electron chi connectivity index (χ0n) is 10.8. The number of sulfonamides is 1. The lowest BCUT2D eigenvalue weighted by Gasteiger charge is -2.28. The van der Waals surface area contributed by atoms with Gasteiger partial charge in [0.25, 0.3) is 0 Å². The molecule has 1 aromatic carbocycles. The number of nitrogens with one attached hydrogen (secondary N) is 1. The van der Waals surface area contributed by atoms with Crippen LogP contribution in [0.1, 0.15) is 26.7 Å². The Hall–Kier alpha value is -0.140. The Morgan fingerprint density at radius 3 is 2.58 bits per heavy atom. The standard InChI is InChI=1S/C12H17BrClNO3S/c1-3-12(2,6-7-16)15-19(17,18)9-4-5-11(14)10(13)8-9/h4-5,8,15-16H,3,6-7H2,1-2H3. The van der Waals surface area contributed by atoms with Crippen LogP contribution in [-0.4, -0.2) is 25.7 Å². The molecule has 0 aliphatic carbocycles. The molecular formula is C12H17BrClNO3S. The fraction of sp³-hybridized carbons (Fsp3) is 0.500. The SMILES string of the molecule is CCC(C)(CCO)NS(=O)(=O)c1ccc(Cl)c(Br)c1. The quantitative estimate of drug-likeness (QED) is 0.809. The smallest absolute Gasteiger partial charge is 0.241 e. The van der Waals surface area contributed by atoms with Gasteiger partial charge in [-0.05, 0) is 53.9 Å². The van der Waals surface area contributed by atoms with Crippen LogP contribution < -0.4 is 4.72 Å². The van der Waals surface area contributed by atoms with Crippen molar-refractivity contribution in [2.24, 2.45) is 0 Å². The molecule has 1 unspecified atom stereocenters. The highest BCUT2D eigenvalue weighted by atomic mass is 79.9. The number of aliphatic hydroxyl groups excluding tert-OH is 1. The second-order valence-electron chi connectivity index (χ2n) is 4.57. The molecule has 0 saturated carbocycles. The molecule has 4 nitrogen and oxygen atoms in total. The molecule has 0 aliphatic rings. The van der Waals surface area contributed by atoms with Crippen LogP contribution in [0.4, 0.5) is 0 Å². The molecule has 0 fully saturated rings. The second-order valence-corrected chi connectivity index (χ2v) is 7.51. The average molecular weight is 371 g/mol. The molecule has 7 heteroatoms. The van der Waals surface area contributed by atoms with Crippen molar-refractivity contribution in [2.75, 3.05) is 6.61 Å². The molecule has 0 saturated heterocycles. The molecule has 1 aromatic rings. The van der Waals surface area contributed by atoms with Gasteiger partial charge in [0.05, 0.1) is 9.92 Å². The Balaban J connectivity index is 3.07. The fourth-order valence-electron chi connectivity index (χ4n) is 1.57. The predicted octanol–water partition coefficient (Wildman–Crippen LogP) is 2.93. The van der Waals surface area contributed by atoms with E-state index in [0.717, 1.165) is 0 Å². The van der Waals surface area contributed by atoms with Crippen LogP contribution in [0, 0.1) is 0 Å². The molecule has 0 amide bonds. The number of benzene rings is 1. The molecule has 2 N–H and O–H groups in total. The minimum Gasteiger partial charge on any atom is -0.396 e. The van der Waals surface area contributed by atoms with E-state index in [-0.39, 0.29) is 11.5 Å². The first-order valence-corrected chi connectivity index (χ1v) is 8.49. The van der Waals surface area contributed by atoms with Crippen molar-refractivity contribution in [3.8, 4) is 0 Å². The summed E-state index contributed by atoms with van der Waals surface area (Å²) in [7, 11) is -3.64. The zero-order chi connectivity index (χ0) is 14.7. The van der Waals surface area contributed by atoms with Gasteiger partial charge in [-0.2, -0.15) is 0 Å². The highest BCUT2D eigenvalue weighted by Gasteiger charge is 2.28. The van der Waals surface area contributed by atoms with Crippen LogP contribution in [0.15, 0.2) is 27.6 Å². The Bertz CT molecular complexity index is 550. The topological polar surface area (TPSA) is 66.4 Å². The van der Waals surface area contributed by atoms with Crippen molar-refractivity contribution in [1.29, 1.82) is 0 Å². The average Bonchev–Trinajstić information content (AvgIpc) is 2.32. The number of hydrogen-bond donors (Lipinski definition) is 2. The van der Waals surface area contributed by atoms with Gasteiger partial charge in [-0.25, -0.2) is 13.1 Å². The van der Waals surface area contributed by atoms with Crippen LogP contribution in [-0.2, 0) is 10.0 Å². The Morgan fingerprint density at radius 1 is 1.47 bits per heavy atom. The van der Waals surface area contributed by atoms with Crippen molar-refractivity contribution >= 4 is 37.6 Å². The van der Waals surface area contributed by atoms with Gasteiger partial charge in [0.15, 0.2) is 0 Å². The van der Waals surface area contributed by atoms with E-state index in [0.29, 0.717) is 22.3 Å². The van der Waals surface area contributed by atoms with Gasteiger partial charge in [-0.15, -0.1) is 0 Å². The van der Waals surface area contributed by atoms with Crippen LogP contribution in [0.25, 0.3) is 0 Å². The lowest BCUT2D eigenvalue weighted by Crippen LogP contribution is -2.46. The van der Waals surface area contributed by atoms with Gasteiger partial charge in [-0.3, -0.25) is 0 Å². The van der Waals surface area contributed by atoms with Crippen molar-refractivity contribution in [2.45, 2.75) is 37.1 Å². The molecule has 19 heavy (non-hydrogen) atoms. The molecule has 0 aromatic heterocycles. The van der Waals surface area contributed by atoms with Crippen molar-refractivity contribution in [3.05, 3.63) is 27.7 Å². The monoisotopic (exact) mass is 369 g/mol. The van der Waals surface area contributed by atoms with E-state index in [9.17, 15) is 8.42 Å². The summed E-state index contributed by atoms with van der Waals surface area (Å²) in [5.74, 6) is 0. The maximum atomic E-state index is 12.3. The molecule has 0 heterocycles. The third kappa shape index (κ3) is 4.43. The van der Waals surface area contributed by atoms with Crippen molar-refractivity contribution in [3.63, 3.8) is 0 Å². The summed E-state index contributed by atoms with van der Waals surface area (Å²) < 4.78 is 27.7. The summed E-state index contributed by atoms with van der Waals surface area (Å²) in [6.45, 7) is 3.57. The minimum absolute atomic E-state index is 0.0722. The number of aliphatic hydroxyl groups is 1. The molecule has 1 rings (SSSR count). The number of hydrogen-bond acceptors (Lipinski definition) is 3. The Morgan fingerprint density at radius 2 is 2.11 bits per heavy atom. The van der Waals surface area contributed by atoms with E-state index in [1.54, 1.807) is 6.92 Å². The predicted molar refractivity (Wildman–Crippen MR) is 79.9 cm³/mol.